The van der Waals surface area contributed by atoms with Gasteiger partial charge in [-0.05, 0) is 37.3 Å². The minimum Gasteiger partial charge on any atom is -0.379 e. The molecule has 4 nitrogen and oxygen atoms in total. The normalized spacial score (nSPS) is 10.2. The van der Waals surface area contributed by atoms with Crippen LogP contribution in [0, 0.1) is 0 Å². The van der Waals surface area contributed by atoms with Gasteiger partial charge in [0.25, 0.3) is 0 Å². The van der Waals surface area contributed by atoms with Gasteiger partial charge in [-0.2, -0.15) is 5.10 Å². The molecule has 0 saturated heterocycles. The van der Waals surface area contributed by atoms with Crippen LogP contribution in [0.1, 0.15) is 23.0 Å². The van der Waals surface area contributed by atoms with Crippen molar-refractivity contribution in [3.05, 3.63) is 47.8 Å². The lowest BCUT2D eigenvalue weighted by molar-refractivity contribution is 0.101. The van der Waals surface area contributed by atoms with E-state index >= 15 is 0 Å². The molecule has 1 aromatic heterocycles. The molecule has 1 aromatic carbocycles. The van der Waals surface area contributed by atoms with Gasteiger partial charge in [-0.3, -0.25) is 9.48 Å². The number of aromatic nitrogens is 2. The van der Waals surface area contributed by atoms with Crippen molar-refractivity contribution in [2.45, 2.75) is 13.5 Å². The molecule has 17 heavy (non-hydrogen) atoms. The molecule has 0 fully saturated rings. The van der Waals surface area contributed by atoms with E-state index in [1.54, 1.807) is 13.1 Å². The van der Waals surface area contributed by atoms with Gasteiger partial charge in [0.2, 0.25) is 0 Å². The van der Waals surface area contributed by atoms with Crippen LogP contribution in [0.2, 0.25) is 0 Å². The highest BCUT2D eigenvalue weighted by Gasteiger charge is 2.00. The minimum atomic E-state index is 0.0863. The molecular formula is C13H15N3O. The smallest absolute Gasteiger partial charge is 0.159 e. The maximum Gasteiger partial charge on any atom is 0.159 e. The summed E-state index contributed by atoms with van der Waals surface area (Å²) in [4.78, 5) is 11.1. The number of ketones is 1. The number of aryl methyl sites for hydroxylation is 1. The lowest BCUT2D eigenvalue weighted by Crippen LogP contribution is -2.05. The summed E-state index contributed by atoms with van der Waals surface area (Å²) in [6.07, 6.45) is 1.77. The molecule has 0 amide bonds. The van der Waals surface area contributed by atoms with E-state index in [9.17, 15) is 4.79 Å². The number of nitrogens with zero attached hydrogens (tertiary/aromatic N) is 2. The van der Waals surface area contributed by atoms with Gasteiger partial charge in [0.1, 0.15) is 0 Å². The van der Waals surface area contributed by atoms with Gasteiger partial charge in [0, 0.05) is 24.5 Å². The van der Waals surface area contributed by atoms with E-state index in [2.05, 4.69) is 10.4 Å². The van der Waals surface area contributed by atoms with Gasteiger partial charge in [-0.15, -0.1) is 0 Å². The van der Waals surface area contributed by atoms with Gasteiger partial charge >= 0.3 is 0 Å². The highest BCUT2D eigenvalue weighted by atomic mass is 16.1. The first kappa shape index (κ1) is 11.4. The fourth-order valence-electron chi connectivity index (χ4n) is 1.59. The molecule has 0 aliphatic heterocycles. The fourth-order valence-corrected chi connectivity index (χ4v) is 1.59. The van der Waals surface area contributed by atoms with Gasteiger partial charge in [-0.25, -0.2) is 0 Å². The Morgan fingerprint density at radius 1 is 1.29 bits per heavy atom. The van der Waals surface area contributed by atoms with Crippen LogP contribution in [-0.4, -0.2) is 15.6 Å². The quantitative estimate of drug-likeness (QED) is 0.818. The summed E-state index contributed by atoms with van der Waals surface area (Å²) in [7, 11) is 1.91. The number of nitrogens with one attached hydrogen (secondary N) is 1. The summed E-state index contributed by atoms with van der Waals surface area (Å²) in [6, 6.07) is 9.44. The Morgan fingerprint density at radius 3 is 2.53 bits per heavy atom. The first-order valence-corrected chi connectivity index (χ1v) is 5.48. The van der Waals surface area contributed by atoms with Crippen LogP contribution >= 0.6 is 0 Å². The molecular weight excluding hydrogens is 214 g/mol. The first-order chi connectivity index (χ1) is 8.16. The monoisotopic (exact) mass is 229 g/mol. The van der Waals surface area contributed by atoms with Crippen molar-refractivity contribution in [2.24, 2.45) is 7.05 Å². The van der Waals surface area contributed by atoms with Crippen molar-refractivity contribution in [1.29, 1.82) is 0 Å². The number of Topliss-reactive ketones (excluding diaryl/α,β-unsaturated/α-hetero) is 1. The number of carbonyl (C=O) groups is 1. The Morgan fingerprint density at radius 2 is 2.00 bits per heavy atom. The zero-order valence-electron chi connectivity index (χ0n) is 9.97. The predicted molar refractivity (Wildman–Crippen MR) is 67.0 cm³/mol. The van der Waals surface area contributed by atoms with Gasteiger partial charge in [0.15, 0.2) is 5.78 Å². The lowest BCUT2D eigenvalue weighted by Gasteiger charge is -2.07. The number of hydrogen-bond acceptors (Lipinski definition) is 3. The molecule has 0 saturated carbocycles. The molecule has 0 aliphatic carbocycles. The van der Waals surface area contributed by atoms with E-state index in [1.165, 1.54) is 0 Å². The summed E-state index contributed by atoms with van der Waals surface area (Å²) < 4.78 is 1.83. The largest absolute Gasteiger partial charge is 0.379 e. The van der Waals surface area contributed by atoms with Gasteiger partial charge in [-0.1, -0.05) is 0 Å². The summed E-state index contributed by atoms with van der Waals surface area (Å²) in [6.45, 7) is 2.29. The highest BCUT2D eigenvalue weighted by Crippen LogP contribution is 2.11. The van der Waals surface area contributed by atoms with Crippen LogP contribution < -0.4 is 5.32 Å². The standard InChI is InChI=1S/C13H15N3O/c1-10(17)11-3-5-12(6-4-11)14-9-13-7-8-15-16(13)2/h3-8,14H,9H2,1-2H3. The Balaban J connectivity index is 2.00. The van der Waals surface area contributed by atoms with E-state index in [1.807, 2.05) is 42.1 Å². The predicted octanol–water partition coefficient (Wildman–Crippen LogP) is 2.23. The van der Waals surface area contributed by atoms with Crippen LogP contribution in [0.3, 0.4) is 0 Å². The molecule has 4 heteroatoms. The Hall–Kier alpha value is -2.10. The third-order valence-corrected chi connectivity index (χ3v) is 2.69. The van der Waals surface area contributed by atoms with E-state index in [0.717, 1.165) is 23.5 Å². The summed E-state index contributed by atoms with van der Waals surface area (Å²) in [5.41, 5.74) is 2.84. The van der Waals surface area contributed by atoms with Crippen LogP contribution in [0.25, 0.3) is 0 Å². The molecule has 0 atom stereocenters. The first-order valence-electron chi connectivity index (χ1n) is 5.48. The number of carbonyl (C=O) groups excluding carboxylic acids is 1. The molecule has 1 heterocycles. The van der Waals surface area contributed by atoms with Crippen molar-refractivity contribution in [3.63, 3.8) is 0 Å². The van der Waals surface area contributed by atoms with Crippen molar-refractivity contribution in [2.75, 3.05) is 5.32 Å². The Kier molecular flexibility index (Phi) is 3.23. The topological polar surface area (TPSA) is 46.9 Å². The van der Waals surface area contributed by atoms with Gasteiger partial charge in [0.05, 0.1) is 12.2 Å². The lowest BCUT2D eigenvalue weighted by atomic mass is 10.1. The zero-order valence-corrected chi connectivity index (χ0v) is 9.97. The SMILES string of the molecule is CC(=O)c1ccc(NCc2ccnn2C)cc1. The van der Waals surface area contributed by atoms with Crippen molar-refractivity contribution < 1.29 is 4.79 Å². The Bertz CT molecular complexity index is 514. The summed E-state index contributed by atoms with van der Waals surface area (Å²) in [5, 5.41) is 7.38. The van der Waals surface area contributed by atoms with Crippen LogP contribution in [0.5, 0.6) is 0 Å². The van der Waals surface area contributed by atoms with Crippen molar-refractivity contribution >= 4 is 11.5 Å². The third-order valence-electron chi connectivity index (χ3n) is 2.69. The van der Waals surface area contributed by atoms with E-state index in [0.29, 0.717) is 0 Å². The summed E-state index contributed by atoms with van der Waals surface area (Å²) in [5.74, 6) is 0.0863. The second-order valence-corrected chi connectivity index (χ2v) is 3.93. The second-order valence-electron chi connectivity index (χ2n) is 3.93. The van der Waals surface area contributed by atoms with E-state index in [4.69, 9.17) is 0 Å². The average Bonchev–Trinajstić information content (AvgIpc) is 2.73. The van der Waals surface area contributed by atoms with Gasteiger partial charge < -0.3 is 5.32 Å². The van der Waals surface area contributed by atoms with Crippen molar-refractivity contribution in [3.8, 4) is 0 Å². The molecule has 0 unspecified atom stereocenters. The molecule has 88 valence electrons. The van der Waals surface area contributed by atoms with Crippen LogP contribution in [-0.2, 0) is 13.6 Å². The second kappa shape index (κ2) is 4.82. The third kappa shape index (κ3) is 2.72. The highest BCUT2D eigenvalue weighted by molar-refractivity contribution is 5.94. The number of rotatable bonds is 4. The molecule has 0 aliphatic rings. The number of benzene rings is 1. The van der Waals surface area contributed by atoms with E-state index < -0.39 is 0 Å². The molecule has 1 N–H and O–H groups in total. The summed E-state index contributed by atoms with van der Waals surface area (Å²) >= 11 is 0. The van der Waals surface area contributed by atoms with E-state index in [-0.39, 0.29) is 5.78 Å². The molecule has 0 spiro atoms. The van der Waals surface area contributed by atoms with Crippen LogP contribution in [0.4, 0.5) is 5.69 Å². The maximum absolute atomic E-state index is 11.1. The molecule has 2 rings (SSSR count). The minimum absolute atomic E-state index is 0.0863. The molecule has 0 radical (unpaired) electrons. The number of hydrogen-bond donors (Lipinski definition) is 1. The number of anilines is 1. The van der Waals surface area contributed by atoms with Crippen LogP contribution in [0.15, 0.2) is 36.5 Å². The van der Waals surface area contributed by atoms with Crippen molar-refractivity contribution in [1.82, 2.24) is 9.78 Å². The zero-order chi connectivity index (χ0) is 12.3. The Labute approximate surface area is 100 Å². The maximum atomic E-state index is 11.1. The average molecular weight is 229 g/mol. The molecule has 2 aromatic rings. The fraction of sp³-hybridized carbons (Fsp3) is 0.231. The molecule has 0 bridgehead atoms.